The number of rotatable bonds is 4. The topological polar surface area (TPSA) is 9.23 Å². The fourth-order valence-corrected chi connectivity index (χ4v) is 2.59. The van der Waals surface area contributed by atoms with Gasteiger partial charge in [0.05, 0.1) is 0 Å². The van der Waals surface area contributed by atoms with Gasteiger partial charge in [0.1, 0.15) is 0 Å². The zero-order valence-electron chi connectivity index (χ0n) is 7.32. The molecule has 0 unspecified atom stereocenters. The minimum absolute atomic E-state index is 0.0305. The average molecular weight is 252 g/mol. The van der Waals surface area contributed by atoms with Crippen LogP contribution in [0.1, 0.15) is 0 Å². The van der Waals surface area contributed by atoms with Crippen LogP contribution in [0.25, 0.3) is 0 Å². The Morgan fingerprint density at radius 2 is 1.90 bits per heavy atom. The summed E-state index contributed by atoms with van der Waals surface area (Å²) in [7, 11) is -1.20. The molecule has 0 saturated heterocycles. The van der Waals surface area contributed by atoms with Crippen molar-refractivity contribution in [3.05, 3.63) is 0 Å². The molecular formula is C6H16OSi2Zr+2. The minimum atomic E-state index is -1.20. The zero-order chi connectivity index (χ0) is 8.20. The van der Waals surface area contributed by atoms with E-state index < -0.39 is 8.32 Å². The Balaban J connectivity index is 3.29. The van der Waals surface area contributed by atoms with Crippen molar-refractivity contribution in [1.29, 1.82) is 0 Å². The van der Waals surface area contributed by atoms with E-state index in [1.165, 1.54) is 6.04 Å². The standard InChI is InChI=1S/C6H16OSi2.Zr/c1-8-6-5-7-9(2,3)4;/h5-6H2,1-4H3;/q;+2. The van der Waals surface area contributed by atoms with Gasteiger partial charge in [0.2, 0.25) is 0 Å². The molecule has 0 aliphatic rings. The second-order valence-electron chi connectivity index (χ2n) is 3.49. The van der Waals surface area contributed by atoms with Gasteiger partial charge in [-0.05, 0) is 0 Å². The van der Waals surface area contributed by atoms with Crippen LogP contribution in [0.5, 0.6) is 0 Å². The summed E-state index contributed by atoms with van der Waals surface area (Å²) in [4.78, 5) is 0. The first-order valence-electron chi connectivity index (χ1n) is 3.60. The van der Waals surface area contributed by atoms with E-state index in [1.807, 2.05) is 0 Å². The zero-order valence-corrected chi connectivity index (χ0v) is 11.8. The van der Waals surface area contributed by atoms with E-state index in [9.17, 15) is 0 Å². The predicted octanol–water partition coefficient (Wildman–Crippen LogP) is 2.01. The van der Waals surface area contributed by atoms with Crippen LogP contribution in [0.2, 0.25) is 32.2 Å². The SMILES string of the molecule is C[Si](=[Zr+2])CCO[Si](C)(C)C. The molecular weight excluding hydrogens is 235 g/mol. The monoisotopic (exact) mass is 250 g/mol. The maximum atomic E-state index is 5.72. The molecule has 0 fully saturated rings. The van der Waals surface area contributed by atoms with Gasteiger partial charge >= 0.3 is 80.4 Å². The summed E-state index contributed by atoms with van der Waals surface area (Å²) in [5.74, 6) is 0. The molecule has 0 atom stereocenters. The molecule has 0 bridgehead atoms. The number of hydrogen-bond acceptors (Lipinski definition) is 1. The Bertz CT molecular complexity index is 119. The molecule has 0 amide bonds. The summed E-state index contributed by atoms with van der Waals surface area (Å²) in [5, 5.41) is 0. The van der Waals surface area contributed by atoms with Crippen molar-refractivity contribution in [2.75, 3.05) is 6.61 Å². The van der Waals surface area contributed by atoms with Gasteiger partial charge in [-0.1, -0.05) is 0 Å². The van der Waals surface area contributed by atoms with Crippen molar-refractivity contribution >= 4 is 13.8 Å². The Labute approximate surface area is 80.1 Å². The maximum absolute atomic E-state index is 5.72. The third-order valence-electron chi connectivity index (χ3n) is 1.01. The average Bonchev–Trinajstić information content (AvgIpc) is 1.59. The van der Waals surface area contributed by atoms with Gasteiger partial charge in [-0.25, -0.2) is 0 Å². The summed E-state index contributed by atoms with van der Waals surface area (Å²) in [6.07, 6.45) is 0. The van der Waals surface area contributed by atoms with Gasteiger partial charge in [-0.15, -0.1) is 0 Å². The van der Waals surface area contributed by atoms with E-state index in [-0.39, 0.29) is 5.43 Å². The number of hydrogen-bond donors (Lipinski definition) is 0. The van der Waals surface area contributed by atoms with Crippen LogP contribution in [0.3, 0.4) is 0 Å². The van der Waals surface area contributed by atoms with E-state index in [1.54, 1.807) is 23.3 Å². The molecule has 0 heterocycles. The van der Waals surface area contributed by atoms with Gasteiger partial charge in [-0.2, -0.15) is 0 Å². The van der Waals surface area contributed by atoms with E-state index in [4.69, 9.17) is 4.43 Å². The van der Waals surface area contributed by atoms with Gasteiger partial charge < -0.3 is 0 Å². The second-order valence-corrected chi connectivity index (χ2v) is 16.4. The Morgan fingerprint density at radius 1 is 1.40 bits per heavy atom. The molecule has 0 N–H and O–H groups in total. The van der Waals surface area contributed by atoms with E-state index in [0.29, 0.717) is 0 Å². The van der Waals surface area contributed by atoms with Gasteiger partial charge in [0, 0.05) is 0 Å². The van der Waals surface area contributed by atoms with Crippen LogP contribution in [-0.2, 0) is 27.8 Å². The third-order valence-corrected chi connectivity index (χ3v) is 4.88. The molecule has 0 saturated carbocycles. The molecule has 0 aromatic carbocycles. The molecule has 0 aliphatic carbocycles. The van der Waals surface area contributed by atoms with Gasteiger partial charge in [0.25, 0.3) is 0 Å². The predicted molar refractivity (Wildman–Crippen MR) is 45.7 cm³/mol. The summed E-state index contributed by atoms with van der Waals surface area (Å²) in [6.45, 7) is 10.1. The van der Waals surface area contributed by atoms with E-state index >= 15 is 0 Å². The molecule has 0 aromatic rings. The summed E-state index contributed by atoms with van der Waals surface area (Å²) in [6, 6.07) is 1.34. The third kappa shape index (κ3) is 9.28. The normalized spacial score (nSPS) is 11.8. The molecule has 0 radical (unpaired) electrons. The summed E-state index contributed by atoms with van der Waals surface area (Å²) in [5.41, 5.74) is 0.0305. The fraction of sp³-hybridized carbons (Fsp3) is 1.00. The molecule has 56 valence electrons. The van der Waals surface area contributed by atoms with Crippen LogP contribution >= 0.6 is 0 Å². The molecule has 0 aromatic heterocycles. The summed E-state index contributed by atoms with van der Waals surface area (Å²) >= 11 is 1.73. The Morgan fingerprint density at radius 3 is 2.20 bits per heavy atom. The van der Waals surface area contributed by atoms with Crippen LogP contribution < -0.4 is 0 Å². The van der Waals surface area contributed by atoms with Crippen molar-refractivity contribution in [2.24, 2.45) is 0 Å². The Hall–Kier alpha value is 1.28. The molecule has 4 heteroatoms. The van der Waals surface area contributed by atoms with Crippen LogP contribution in [0.4, 0.5) is 0 Å². The van der Waals surface area contributed by atoms with Crippen molar-refractivity contribution in [2.45, 2.75) is 32.2 Å². The van der Waals surface area contributed by atoms with Crippen molar-refractivity contribution in [1.82, 2.24) is 0 Å². The summed E-state index contributed by atoms with van der Waals surface area (Å²) < 4.78 is 5.72. The van der Waals surface area contributed by atoms with Crippen LogP contribution in [-0.4, -0.2) is 20.4 Å². The molecule has 0 aliphatic heterocycles. The molecule has 1 nitrogen and oxygen atoms in total. The van der Waals surface area contributed by atoms with Gasteiger partial charge in [-0.3, -0.25) is 0 Å². The van der Waals surface area contributed by atoms with Crippen molar-refractivity contribution in [3.63, 3.8) is 0 Å². The van der Waals surface area contributed by atoms with E-state index in [2.05, 4.69) is 26.2 Å². The van der Waals surface area contributed by atoms with Crippen molar-refractivity contribution < 1.29 is 27.8 Å². The molecule has 10 heavy (non-hydrogen) atoms. The van der Waals surface area contributed by atoms with Crippen molar-refractivity contribution in [3.8, 4) is 0 Å². The Kier molecular flexibility index (Phi) is 5.66. The van der Waals surface area contributed by atoms with Crippen LogP contribution in [0, 0.1) is 0 Å². The first-order valence-corrected chi connectivity index (χ1v) is 12.9. The van der Waals surface area contributed by atoms with E-state index in [0.717, 1.165) is 6.61 Å². The second kappa shape index (κ2) is 5.02. The molecule has 0 rings (SSSR count). The fourth-order valence-electron chi connectivity index (χ4n) is 0.510. The first-order chi connectivity index (χ1) is 4.42. The quantitative estimate of drug-likeness (QED) is 0.695. The molecule has 0 spiro atoms. The first kappa shape index (κ1) is 11.3. The van der Waals surface area contributed by atoms with Gasteiger partial charge in [0.15, 0.2) is 0 Å². The van der Waals surface area contributed by atoms with Crippen LogP contribution in [0.15, 0.2) is 0 Å².